The normalized spacial score (nSPS) is 10.1. The van der Waals surface area contributed by atoms with Crippen molar-refractivity contribution in [2.45, 2.75) is 13.3 Å². The molecular formula is C20H21N3O6. The number of carbonyl (C=O) groups is 3. The van der Waals surface area contributed by atoms with Crippen LogP contribution in [0.15, 0.2) is 48.5 Å². The summed E-state index contributed by atoms with van der Waals surface area (Å²) in [5.41, 5.74) is 0.978. The molecule has 2 aromatic carbocycles. The number of benzene rings is 2. The topological polar surface area (TPSA) is 119 Å². The molecule has 0 saturated carbocycles. The highest BCUT2D eigenvalue weighted by molar-refractivity contribution is 5.97. The van der Waals surface area contributed by atoms with E-state index in [0.29, 0.717) is 5.69 Å². The van der Waals surface area contributed by atoms with Gasteiger partial charge in [-0.3, -0.25) is 19.7 Å². The van der Waals surface area contributed by atoms with Crippen LogP contribution in [-0.4, -0.2) is 47.8 Å². The SMILES string of the molecule is CCc1ccccc1NC(=O)CN(C)C(=O)COC(=O)c1ccccc1[N+](=O)[O-]. The van der Waals surface area contributed by atoms with Crippen LogP contribution in [0.3, 0.4) is 0 Å². The standard InChI is InChI=1S/C20H21N3O6/c1-3-14-8-4-6-10-16(14)21-18(24)12-22(2)19(25)13-29-20(26)15-9-5-7-11-17(15)23(27)28/h4-11H,3,12-13H2,1-2H3,(H,21,24). The van der Waals surface area contributed by atoms with Crippen LogP contribution in [0.1, 0.15) is 22.8 Å². The molecule has 9 heteroatoms. The van der Waals surface area contributed by atoms with Gasteiger partial charge >= 0.3 is 5.97 Å². The summed E-state index contributed by atoms with van der Waals surface area (Å²) in [5, 5.41) is 13.7. The minimum atomic E-state index is -0.986. The van der Waals surface area contributed by atoms with E-state index < -0.39 is 35.0 Å². The largest absolute Gasteiger partial charge is 0.452 e. The van der Waals surface area contributed by atoms with Gasteiger partial charge in [0.25, 0.3) is 11.6 Å². The molecule has 0 atom stereocenters. The Kier molecular flexibility index (Phi) is 7.41. The van der Waals surface area contributed by atoms with Gasteiger partial charge in [-0.2, -0.15) is 0 Å². The number of para-hydroxylation sites is 2. The molecule has 2 amide bonds. The maximum Gasteiger partial charge on any atom is 0.345 e. The second-order valence-corrected chi connectivity index (χ2v) is 6.16. The van der Waals surface area contributed by atoms with E-state index >= 15 is 0 Å². The maximum atomic E-state index is 12.2. The number of amides is 2. The molecule has 29 heavy (non-hydrogen) atoms. The third kappa shape index (κ3) is 5.86. The zero-order valence-corrected chi connectivity index (χ0v) is 16.1. The minimum Gasteiger partial charge on any atom is -0.452 e. The summed E-state index contributed by atoms with van der Waals surface area (Å²) in [6.45, 7) is 1.09. The highest BCUT2D eigenvalue weighted by atomic mass is 16.6. The van der Waals surface area contributed by atoms with Gasteiger partial charge in [-0.1, -0.05) is 37.3 Å². The average Bonchev–Trinajstić information content (AvgIpc) is 2.71. The number of rotatable bonds is 8. The molecule has 0 aliphatic carbocycles. The van der Waals surface area contributed by atoms with E-state index in [0.717, 1.165) is 16.9 Å². The Morgan fingerprint density at radius 1 is 1.10 bits per heavy atom. The van der Waals surface area contributed by atoms with Crippen molar-refractivity contribution in [3.63, 3.8) is 0 Å². The molecule has 0 saturated heterocycles. The Balaban J connectivity index is 1.90. The summed E-state index contributed by atoms with van der Waals surface area (Å²) in [7, 11) is 1.40. The molecule has 0 heterocycles. The van der Waals surface area contributed by atoms with Crippen molar-refractivity contribution in [1.82, 2.24) is 4.90 Å². The number of nitro benzene ring substituents is 1. The third-order valence-corrected chi connectivity index (χ3v) is 4.13. The minimum absolute atomic E-state index is 0.236. The van der Waals surface area contributed by atoms with E-state index in [4.69, 9.17) is 4.74 Å². The predicted molar refractivity (Wildman–Crippen MR) is 105 cm³/mol. The first kappa shape index (κ1) is 21.5. The first-order valence-electron chi connectivity index (χ1n) is 8.85. The molecular weight excluding hydrogens is 378 g/mol. The van der Waals surface area contributed by atoms with Crippen molar-refractivity contribution in [2.75, 3.05) is 25.5 Å². The van der Waals surface area contributed by atoms with Gasteiger partial charge in [0.2, 0.25) is 5.91 Å². The van der Waals surface area contributed by atoms with Gasteiger partial charge in [-0.25, -0.2) is 4.79 Å². The number of nitrogens with zero attached hydrogens (tertiary/aromatic N) is 2. The molecule has 0 unspecified atom stereocenters. The Labute approximate surface area is 167 Å². The van der Waals surface area contributed by atoms with Gasteiger partial charge in [0.05, 0.1) is 11.5 Å². The van der Waals surface area contributed by atoms with E-state index in [1.165, 1.54) is 31.3 Å². The molecule has 0 aliphatic rings. The molecule has 0 aromatic heterocycles. The highest BCUT2D eigenvalue weighted by Crippen LogP contribution is 2.18. The summed E-state index contributed by atoms with van der Waals surface area (Å²) in [5.74, 6) is -2.00. The lowest BCUT2D eigenvalue weighted by molar-refractivity contribution is -0.385. The van der Waals surface area contributed by atoms with Gasteiger partial charge in [0, 0.05) is 18.8 Å². The van der Waals surface area contributed by atoms with E-state index in [-0.39, 0.29) is 12.1 Å². The molecule has 0 spiro atoms. The van der Waals surface area contributed by atoms with Crippen molar-refractivity contribution in [1.29, 1.82) is 0 Å². The molecule has 0 radical (unpaired) electrons. The van der Waals surface area contributed by atoms with Crippen LogP contribution in [0, 0.1) is 10.1 Å². The first-order chi connectivity index (χ1) is 13.8. The predicted octanol–water partition coefficient (Wildman–Crippen LogP) is 2.41. The van der Waals surface area contributed by atoms with Crippen LogP contribution in [0.4, 0.5) is 11.4 Å². The van der Waals surface area contributed by atoms with Gasteiger partial charge < -0.3 is 15.0 Å². The van der Waals surface area contributed by atoms with E-state index in [1.54, 1.807) is 12.1 Å². The van der Waals surface area contributed by atoms with Gasteiger partial charge in [0.1, 0.15) is 5.56 Å². The fourth-order valence-corrected chi connectivity index (χ4v) is 2.56. The highest BCUT2D eigenvalue weighted by Gasteiger charge is 2.22. The molecule has 9 nitrogen and oxygen atoms in total. The summed E-state index contributed by atoms with van der Waals surface area (Å²) in [6.07, 6.45) is 0.743. The number of esters is 1. The van der Waals surface area contributed by atoms with Gasteiger partial charge in [0.15, 0.2) is 6.61 Å². The maximum absolute atomic E-state index is 12.2. The van der Waals surface area contributed by atoms with Crippen molar-refractivity contribution >= 4 is 29.2 Å². The molecule has 152 valence electrons. The smallest absolute Gasteiger partial charge is 0.345 e. The average molecular weight is 399 g/mol. The van der Waals surface area contributed by atoms with Crippen LogP contribution in [-0.2, 0) is 20.7 Å². The number of ether oxygens (including phenoxy) is 1. The first-order valence-corrected chi connectivity index (χ1v) is 8.85. The van der Waals surface area contributed by atoms with Crippen LogP contribution in [0.5, 0.6) is 0 Å². The number of nitro groups is 1. The molecule has 0 fully saturated rings. The van der Waals surface area contributed by atoms with Crippen molar-refractivity contribution in [2.24, 2.45) is 0 Å². The third-order valence-electron chi connectivity index (χ3n) is 4.13. The second kappa shape index (κ2) is 9.98. The number of carbonyl (C=O) groups excluding carboxylic acids is 3. The van der Waals surface area contributed by atoms with E-state index in [2.05, 4.69) is 5.32 Å². The fraction of sp³-hybridized carbons (Fsp3) is 0.250. The van der Waals surface area contributed by atoms with Crippen LogP contribution in [0.25, 0.3) is 0 Å². The molecule has 2 aromatic rings. The van der Waals surface area contributed by atoms with Gasteiger partial charge in [-0.05, 0) is 24.1 Å². The van der Waals surface area contributed by atoms with Crippen molar-refractivity contribution in [3.8, 4) is 0 Å². The molecule has 0 bridgehead atoms. The number of hydrogen-bond donors (Lipinski definition) is 1. The zero-order valence-electron chi connectivity index (χ0n) is 16.1. The summed E-state index contributed by atoms with van der Waals surface area (Å²) < 4.78 is 4.87. The molecule has 1 N–H and O–H groups in total. The number of hydrogen-bond acceptors (Lipinski definition) is 6. The molecule has 2 rings (SSSR count). The van der Waals surface area contributed by atoms with Crippen molar-refractivity contribution in [3.05, 3.63) is 69.8 Å². The number of anilines is 1. The fourth-order valence-electron chi connectivity index (χ4n) is 2.56. The summed E-state index contributed by atoms with van der Waals surface area (Å²) in [6, 6.07) is 12.6. The number of likely N-dealkylation sites (N-methyl/N-ethyl adjacent to an activating group) is 1. The number of nitrogens with one attached hydrogen (secondary N) is 1. The van der Waals surface area contributed by atoms with Crippen LogP contribution in [0.2, 0.25) is 0 Å². The number of aryl methyl sites for hydroxylation is 1. The lowest BCUT2D eigenvalue weighted by atomic mass is 10.1. The lowest BCUT2D eigenvalue weighted by Crippen LogP contribution is -2.37. The second-order valence-electron chi connectivity index (χ2n) is 6.16. The Morgan fingerprint density at radius 3 is 2.45 bits per heavy atom. The Bertz CT molecular complexity index is 928. The van der Waals surface area contributed by atoms with Crippen molar-refractivity contribution < 1.29 is 24.0 Å². The monoisotopic (exact) mass is 399 g/mol. The summed E-state index contributed by atoms with van der Waals surface area (Å²) >= 11 is 0. The van der Waals surface area contributed by atoms with Crippen LogP contribution < -0.4 is 5.32 Å². The zero-order chi connectivity index (χ0) is 21.4. The van der Waals surface area contributed by atoms with E-state index in [1.807, 2.05) is 19.1 Å². The van der Waals surface area contributed by atoms with Gasteiger partial charge in [-0.15, -0.1) is 0 Å². The van der Waals surface area contributed by atoms with E-state index in [9.17, 15) is 24.5 Å². The Morgan fingerprint density at radius 2 is 1.76 bits per heavy atom. The lowest BCUT2D eigenvalue weighted by Gasteiger charge is -2.17. The molecule has 0 aliphatic heterocycles. The quantitative estimate of drug-likeness (QED) is 0.414. The van der Waals surface area contributed by atoms with Crippen LogP contribution >= 0.6 is 0 Å². The Hall–Kier alpha value is -3.75. The summed E-state index contributed by atoms with van der Waals surface area (Å²) in [4.78, 5) is 47.8.